The maximum atomic E-state index is 14.7. The number of hydrogen-bond acceptors (Lipinski definition) is 9. The average Bonchev–Trinajstić information content (AvgIpc) is 2.98. The maximum absolute atomic E-state index is 14.7. The van der Waals surface area contributed by atoms with Crippen LogP contribution in [0.5, 0.6) is 0 Å². The number of aryl methyl sites for hydroxylation is 1. The second-order valence-corrected chi connectivity index (χ2v) is 12.3. The normalized spacial score (nSPS) is 18.8. The van der Waals surface area contributed by atoms with Gasteiger partial charge in [0, 0.05) is 46.5 Å². The number of pyridine rings is 3. The Labute approximate surface area is 247 Å². The second kappa shape index (κ2) is 12.1. The third-order valence-corrected chi connectivity index (χ3v) is 8.51. The molecule has 1 aromatic carbocycles. The molecule has 10 nitrogen and oxygen atoms in total. The van der Waals surface area contributed by atoms with Crippen LogP contribution in [0, 0.1) is 12.7 Å². The van der Waals surface area contributed by atoms with E-state index < -0.39 is 51.2 Å². The molecular weight excluding hydrogens is 561 g/mol. The van der Waals surface area contributed by atoms with E-state index in [0.717, 1.165) is 12.1 Å². The fraction of sp³-hybridized carbons (Fsp3) is 0.333. The van der Waals surface area contributed by atoms with E-state index in [1.807, 2.05) is 18.7 Å². The first kappa shape index (κ1) is 25.7. The minimum Gasteiger partial charge on any atom is -0.395 e. The summed E-state index contributed by atoms with van der Waals surface area (Å²) in [5, 5.41) is 12.5. The van der Waals surface area contributed by atoms with E-state index in [4.69, 9.17) is 14.0 Å². The van der Waals surface area contributed by atoms with Crippen LogP contribution in [-0.2, 0) is 21.1 Å². The van der Waals surface area contributed by atoms with E-state index in [9.17, 15) is 17.6 Å². The second-order valence-electron chi connectivity index (χ2n) is 10.2. The summed E-state index contributed by atoms with van der Waals surface area (Å²) in [6.45, 7) is 1.58. The molecule has 0 aliphatic carbocycles. The van der Waals surface area contributed by atoms with Gasteiger partial charge in [0.1, 0.15) is 11.6 Å². The number of aromatic nitrogens is 3. The lowest BCUT2D eigenvalue weighted by molar-refractivity contribution is -0.00547. The van der Waals surface area contributed by atoms with Crippen molar-refractivity contribution in [2.45, 2.75) is 44.3 Å². The summed E-state index contributed by atoms with van der Waals surface area (Å²) in [7, 11) is -4.16. The Morgan fingerprint density at radius 3 is 2.64 bits per heavy atom. The van der Waals surface area contributed by atoms with E-state index in [-0.39, 0.29) is 24.3 Å². The highest BCUT2D eigenvalue weighted by Crippen LogP contribution is 2.26. The van der Waals surface area contributed by atoms with Gasteiger partial charge in [-0.2, -0.15) is 0 Å². The van der Waals surface area contributed by atoms with Crippen LogP contribution in [0.2, 0.25) is 0 Å². The van der Waals surface area contributed by atoms with Gasteiger partial charge in [0.25, 0.3) is 5.91 Å². The van der Waals surface area contributed by atoms with Crippen molar-refractivity contribution in [1.82, 2.24) is 20.3 Å². The molecule has 0 spiro atoms. The van der Waals surface area contributed by atoms with Crippen LogP contribution in [0.3, 0.4) is 0 Å². The number of hydrogen-bond donors (Lipinski definition) is 2. The number of nitrogens with one attached hydrogen (secondary N) is 1. The smallest absolute Gasteiger partial charge is 0.251 e. The number of benzene rings is 1. The molecule has 0 bridgehead atoms. The Hall–Kier alpha value is -4.00. The number of carbonyl (C=O) groups excluding carboxylic acids is 1. The third-order valence-electron chi connectivity index (χ3n) is 6.78. The Morgan fingerprint density at radius 2 is 1.90 bits per heavy atom. The fourth-order valence-electron chi connectivity index (χ4n) is 4.86. The van der Waals surface area contributed by atoms with Gasteiger partial charge in [-0.05, 0) is 56.6 Å². The van der Waals surface area contributed by atoms with Crippen molar-refractivity contribution < 1.29 is 31.6 Å². The van der Waals surface area contributed by atoms with E-state index in [1.165, 1.54) is 18.2 Å². The molecule has 42 heavy (non-hydrogen) atoms. The predicted molar refractivity (Wildman–Crippen MR) is 156 cm³/mol. The standard InChI is InChI=1S/C30H32FN5O5S/c1-18-4-5-21(10-28(18)42(39,40)9-8-37)30(38)33-15-24-13-26-22(14-32-24)6-7-25(34-26)27-11-23(31)12-29(35-27)36-16-19(2)41-20(3)17-36/h4-7,10-14,19-20,37H,8-9,15-17H2,1-3H3,(H,33,38)/t19-,20+/i1D3. The van der Waals surface area contributed by atoms with E-state index in [1.54, 1.807) is 24.4 Å². The number of carbonyl (C=O) groups is 1. The number of halogens is 1. The van der Waals surface area contributed by atoms with Gasteiger partial charge < -0.3 is 20.1 Å². The molecule has 1 saturated heterocycles. The molecule has 1 aliphatic heterocycles. The lowest BCUT2D eigenvalue weighted by atomic mass is 10.1. The van der Waals surface area contributed by atoms with Gasteiger partial charge in [-0.1, -0.05) is 6.07 Å². The van der Waals surface area contributed by atoms with Crippen molar-refractivity contribution in [3.05, 3.63) is 77.4 Å². The first-order valence-corrected chi connectivity index (χ1v) is 15.0. The molecule has 3 aromatic heterocycles. The van der Waals surface area contributed by atoms with Gasteiger partial charge in [-0.3, -0.25) is 9.78 Å². The van der Waals surface area contributed by atoms with Crippen LogP contribution < -0.4 is 10.2 Å². The van der Waals surface area contributed by atoms with Crippen LogP contribution >= 0.6 is 0 Å². The molecule has 0 saturated carbocycles. The number of sulfone groups is 1. The lowest BCUT2D eigenvalue weighted by Gasteiger charge is -2.36. The number of aliphatic hydroxyl groups is 1. The summed E-state index contributed by atoms with van der Waals surface area (Å²) in [6, 6.07) is 11.2. The monoisotopic (exact) mass is 596 g/mol. The van der Waals surface area contributed by atoms with Crippen molar-refractivity contribution in [2.24, 2.45) is 0 Å². The van der Waals surface area contributed by atoms with Gasteiger partial charge in [-0.25, -0.2) is 22.8 Å². The van der Waals surface area contributed by atoms with Crippen LogP contribution in [0.25, 0.3) is 22.3 Å². The molecule has 5 rings (SSSR count). The molecule has 2 atom stereocenters. The molecule has 2 N–H and O–H groups in total. The first-order valence-electron chi connectivity index (χ1n) is 14.8. The molecule has 4 heterocycles. The summed E-state index contributed by atoms with van der Waals surface area (Å²) >= 11 is 0. The minimum absolute atomic E-state index is 0.0256. The van der Waals surface area contributed by atoms with Crippen molar-refractivity contribution in [1.29, 1.82) is 0 Å². The van der Waals surface area contributed by atoms with Gasteiger partial charge in [0.2, 0.25) is 0 Å². The zero-order chi connectivity index (χ0) is 32.5. The number of ether oxygens (including phenoxy) is 1. The third kappa shape index (κ3) is 6.56. The Balaban J connectivity index is 1.37. The molecule has 4 aromatic rings. The lowest BCUT2D eigenvalue weighted by Crippen LogP contribution is -2.45. The number of fused-ring (bicyclic) bond motifs is 1. The number of aliphatic hydroxyl groups excluding tert-OH is 1. The van der Waals surface area contributed by atoms with E-state index in [0.29, 0.717) is 46.9 Å². The topological polar surface area (TPSA) is 135 Å². The molecule has 0 radical (unpaired) electrons. The highest BCUT2D eigenvalue weighted by Gasteiger charge is 2.24. The number of morpholine rings is 1. The molecule has 1 aliphatic rings. The average molecular weight is 597 g/mol. The van der Waals surface area contributed by atoms with Crippen LogP contribution in [0.15, 0.2) is 59.6 Å². The zero-order valence-corrected chi connectivity index (χ0v) is 23.9. The highest BCUT2D eigenvalue weighted by atomic mass is 32.2. The summed E-state index contributed by atoms with van der Waals surface area (Å²) in [4.78, 5) is 28.1. The van der Waals surface area contributed by atoms with Gasteiger partial charge in [0.05, 0.1) is 58.6 Å². The van der Waals surface area contributed by atoms with Gasteiger partial charge in [-0.15, -0.1) is 0 Å². The maximum Gasteiger partial charge on any atom is 0.251 e. The molecule has 12 heteroatoms. The first-order chi connectivity index (χ1) is 21.2. The Bertz CT molecular complexity index is 1850. The number of amides is 1. The summed E-state index contributed by atoms with van der Waals surface area (Å²) in [5.41, 5.74) is 1.28. The molecule has 1 amide bonds. The Kier molecular flexibility index (Phi) is 7.39. The molecule has 0 unspecified atom stereocenters. The molecule has 220 valence electrons. The number of nitrogens with zero attached hydrogens (tertiary/aromatic N) is 4. The summed E-state index contributed by atoms with van der Waals surface area (Å²) < 4.78 is 68.9. The largest absolute Gasteiger partial charge is 0.395 e. The van der Waals surface area contributed by atoms with Gasteiger partial charge in [0.15, 0.2) is 9.84 Å². The van der Waals surface area contributed by atoms with Crippen LogP contribution in [0.1, 0.15) is 39.6 Å². The Morgan fingerprint density at radius 1 is 1.12 bits per heavy atom. The summed E-state index contributed by atoms with van der Waals surface area (Å²) in [5.74, 6) is -1.29. The SMILES string of the molecule is [2H]C([2H])([2H])c1ccc(C(=O)NCc2cc3nc(-c4cc(F)cc(N5C[C@@H](C)O[C@@H](C)C5)n4)ccc3cn2)cc1S(=O)(=O)CCO. The van der Waals surface area contributed by atoms with Crippen LogP contribution in [-0.4, -0.2) is 72.0 Å². The van der Waals surface area contributed by atoms with Crippen molar-refractivity contribution in [2.75, 3.05) is 30.3 Å². The van der Waals surface area contributed by atoms with Crippen LogP contribution in [0.4, 0.5) is 10.2 Å². The number of anilines is 1. The van der Waals surface area contributed by atoms with Crippen molar-refractivity contribution in [3.63, 3.8) is 0 Å². The van der Waals surface area contributed by atoms with E-state index in [2.05, 4.69) is 20.3 Å². The van der Waals surface area contributed by atoms with Gasteiger partial charge >= 0.3 is 0 Å². The van der Waals surface area contributed by atoms with Crippen molar-refractivity contribution >= 4 is 32.5 Å². The summed E-state index contributed by atoms with van der Waals surface area (Å²) in [6.07, 6.45) is 1.53. The number of rotatable bonds is 8. The van der Waals surface area contributed by atoms with Crippen molar-refractivity contribution in [3.8, 4) is 11.4 Å². The minimum atomic E-state index is -4.16. The quantitative estimate of drug-likeness (QED) is 0.314. The molecular formula is C30H32FN5O5S. The predicted octanol–water partition coefficient (Wildman–Crippen LogP) is 3.45. The van der Waals surface area contributed by atoms with E-state index >= 15 is 0 Å². The molecule has 1 fully saturated rings. The zero-order valence-electron chi connectivity index (χ0n) is 26.0. The fourth-order valence-corrected chi connectivity index (χ4v) is 6.03. The highest BCUT2D eigenvalue weighted by molar-refractivity contribution is 7.91.